The fourth-order valence-corrected chi connectivity index (χ4v) is 4.28. The van der Waals surface area contributed by atoms with Gasteiger partial charge in [0, 0.05) is 6.54 Å². The van der Waals surface area contributed by atoms with E-state index in [2.05, 4.69) is 11.6 Å². The summed E-state index contributed by atoms with van der Waals surface area (Å²) >= 11 is 1.20. The first-order chi connectivity index (χ1) is 12.8. The Balaban J connectivity index is 2.20. The van der Waals surface area contributed by atoms with Gasteiger partial charge in [0.1, 0.15) is 5.75 Å². The average Bonchev–Trinajstić information content (AvgIpc) is 2.97. The van der Waals surface area contributed by atoms with Crippen LogP contribution >= 0.6 is 11.3 Å². The summed E-state index contributed by atoms with van der Waals surface area (Å²) in [6.07, 6.45) is 1.67. The van der Waals surface area contributed by atoms with Crippen LogP contribution in [0.25, 0.3) is 10.2 Å². The number of allylic oxidation sites excluding steroid dienone is 1. The number of carbonyl (C=O) groups excluding carboxylic acids is 1. The number of rotatable bonds is 5. The van der Waals surface area contributed by atoms with Gasteiger partial charge in [0.2, 0.25) is 10.0 Å². The number of para-hydroxylation sites is 1. The van der Waals surface area contributed by atoms with E-state index >= 15 is 0 Å². The van der Waals surface area contributed by atoms with Crippen molar-refractivity contribution in [3.05, 3.63) is 65.5 Å². The second-order valence-corrected chi connectivity index (χ2v) is 8.15. The number of hydrogen-bond acceptors (Lipinski definition) is 5. The third kappa shape index (κ3) is 3.85. The predicted molar refractivity (Wildman–Crippen MR) is 104 cm³/mol. The summed E-state index contributed by atoms with van der Waals surface area (Å²) < 4.78 is 30.8. The van der Waals surface area contributed by atoms with Gasteiger partial charge in [0.15, 0.2) is 4.80 Å². The highest BCUT2D eigenvalue weighted by Gasteiger charge is 2.14. The minimum absolute atomic E-state index is 0.00427. The molecule has 2 aromatic carbocycles. The van der Waals surface area contributed by atoms with E-state index < -0.39 is 15.9 Å². The molecule has 1 heterocycles. The largest absolute Gasteiger partial charge is 0.496 e. The van der Waals surface area contributed by atoms with E-state index in [9.17, 15) is 13.2 Å². The van der Waals surface area contributed by atoms with E-state index in [0.717, 1.165) is 5.52 Å². The predicted octanol–water partition coefficient (Wildman–Crippen LogP) is 2.29. The van der Waals surface area contributed by atoms with Gasteiger partial charge in [-0.2, -0.15) is 4.99 Å². The highest BCUT2D eigenvalue weighted by molar-refractivity contribution is 7.89. The van der Waals surface area contributed by atoms with Gasteiger partial charge in [-0.15, -0.1) is 6.58 Å². The lowest BCUT2D eigenvalue weighted by atomic mass is 10.2. The molecule has 0 unspecified atom stereocenters. The molecule has 7 nitrogen and oxygen atoms in total. The molecule has 9 heteroatoms. The molecular formula is C18H17N3O4S2. The molecular weight excluding hydrogens is 386 g/mol. The first-order valence-electron chi connectivity index (χ1n) is 7.84. The molecule has 27 heavy (non-hydrogen) atoms. The Morgan fingerprint density at radius 2 is 2.07 bits per heavy atom. The molecule has 0 saturated carbocycles. The van der Waals surface area contributed by atoms with Crippen LogP contribution in [0, 0.1) is 0 Å². The Bertz CT molecular complexity index is 1210. The molecule has 3 rings (SSSR count). The van der Waals surface area contributed by atoms with Gasteiger partial charge in [-0.05, 0) is 30.3 Å². The van der Waals surface area contributed by atoms with Crippen molar-refractivity contribution >= 4 is 37.5 Å². The van der Waals surface area contributed by atoms with Crippen LogP contribution in [-0.4, -0.2) is 26.0 Å². The molecule has 0 atom stereocenters. The number of aromatic nitrogens is 1. The van der Waals surface area contributed by atoms with Gasteiger partial charge >= 0.3 is 0 Å². The van der Waals surface area contributed by atoms with Crippen LogP contribution < -0.4 is 14.7 Å². The first kappa shape index (κ1) is 19.0. The van der Waals surface area contributed by atoms with Crippen molar-refractivity contribution < 1.29 is 17.9 Å². The lowest BCUT2D eigenvalue weighted by molar-refractivity contribution is 0.0995. The molecule has 140 valence electrons. The minimum Gasteiger partial charge on any atom is -0.496 e. The highest BCUT2D eigenvalue weighted by Crippen LogP contribution is 2.22. The van der Waals surface area contributed by atoms with Gasteiger partial charge < -0.3 is 9.30 Å². The Morgan fingerprint density at radius 3 is 2.74 bits per heavy atom. The van der Waals surface area contributed by atoms with Crippen molar-refractivity contribution in [3.8, 4) is 5.75 Å². The zero-order valence-electron chi connectivity index (χ0n) is 14.5. The molecule has 0 saturated heterocycles. The highest BCUT2D eigenvalue weighted by atomic mass is 32.2. The summed E-state index contributed by atoms with van der Waals surface area (Å²) in [4.78, 5) is 17.3. The van der Waals surface area contributed by atoms with Crippen LogP contribution in [0.2, 0.25) is 0 Å². The van der Waals surface area contributed by atoms with Gasteiger partial charge in [0.25, 0.3) is 5.91 Å². The monoisotopic (exact) mass is 403 g/mol. The van der Waals surface area contributed by atoms with Crippen molar-refractivity contribution in [2.75, 3.05) is 7.11 Å². The number of nitrogens with zero attached hydrogens (tertiary/aromatic N) is 2. The normalized spacial score (nSPS) is 12.3. The van der Waals surface area contributed by atoms with E-state index in [-0.39, 0.29) is 4.90 Å². The first-order valence-corrected chi connectivity index (χ1v) is 10.2. The number of benzene rings is 2. The lowest BCUT2D eigenvalue weighted by Gasteiger charge is -2.04. The van der Waals surface area contributed by atoms with Gasteiger partial charge in [-0.3, -0.25) is 4.79 Å². The number of methoxy groups -OCH3 is 1. The Labute approximate surface area is 160 Å². The van der Waals surface area contributed by atoms with Crippen LogP contribution in [0.4, 0.5) is 0 Å². The number of sulfonamides is 1. The smallest absolute Gasteiger partial charge is 0.283 e. The van der Waals surface area contributed by atoms with Crippen molar-refractivity contribution in [1.29, 1.82) is 0 Å². The number of nitrogens with two attached hydrogens (primary N) is 1. The Morgan fingerprint density at radius 1 is 1.33 bits per heavy atom. The molecule has 0 aliphatic rings. The molecule has 0 radical (unpaired) electrons. The SMILES string of the molecule is C=CCn1c(=NC(=O)c2ccccc2OC)sc2cc(S(N)(=O)=O)ccc21. The van der Waals surface area contributed by atoms with Crippen LogP contribution in [0.5, 0.6) is 5.75 Å². The molecule has 0 bridgehead atoms. The second-order valence-electron chi connectivity index (χ2n) is 5.58. The summed E-state index contributed by atoms with van der Waals surface area (Å²) in [5, 5.41) is 5.20. The fourth-order valence-electron chi connectivity index (χ4n) is 2.59. The Kier molecular flexibility index (Phi) is 5.26. The zero-order valence-corrected chi connectivity index (χ0v) is 16.1. The molecule has 1 aromatic heterocycles. The van der Waals surface area contributed by atoms with Crippen molar-refractivity contribution in [3.63, 3.8) is 0 Å². The van der Waals surface area contributed by atoms with E-state index in [0.29, 0.717) is 27.4 Å². The molecule has 0 spiro atoms. The molecule has 2 N–H and O–H groups in total. The second kappa shape index (κ2) is 7.47. The van der Waals surface area contributed by atoms with Gasteiger partial charge in [-0.25, -0.2) is 13.6 Å². The van der Waals surface area contributed by atoms with Gasteiger partial charge in [-0.1, -0.05) is 29.5 Å². The number of primary sulfonamides is 1. The minimum atomic E-state index is -3.82. The lowest BCUT2D eigenvalue weighted by Crippen LogP contribution is -2.16. The van der Waals surface area contributed by atoms with Crippen molar-refractivity contribution in [2.45, 2.75) is 11.4 Å². The van der Waals surface area contributed by atoms with Crippen molar-refractivity contribution in [1.82, 2.24) is 4.57 Å². The third-order valence-electron chi connectivity index (χ3n) is 3.83. The maximum atomic E-state index is 12.7. The summed E-state index contributed by atoms with van der Waals surface area (Å²) in [6, 6.07) is 11.4. The Hall–Kier alpha value is -2.75. The van der Waals surface area contributed by atoms with Crippen molar-refractivity contribution in [2.24, 2.45) is 10.1 Å². The maximum Gasteiger partial charge on any atom is 0.283 e. The van der Waals surface area contributed by atoms with E-state index in [1.807, 2.05) is 0 Å². The quantitative estimate of drug-likeness (QED) is 0.660. The molecule has 1 amide bonds. The number of amides is 1. The van der Waals surface area contributed by atoms with E-state index in [4.69, 9.17) is 9.88 Å². The third-order valence-corrected chi connectivity index (χ3v) is 5.78. The summed E-state index contributed by atoms with van der Waals surface area (Å²) in [5.41, 5.74) is 1.08. The molecule has 3 aromatic rings. The van der Waals surface area contributed by atoms with E-state index in [1.54, 1.807) is 41.0 Å². The number of hydrogen-bond donors (Lipinski definition) is 1. The molecule has 0 fully saturated rings. The van der Waals surface area contributed by atoms with Crippen LogP contribution in [0.1, 0.15) is 10.4 Å². The average molecular weight is 403 g/mol. The number of ether oxygens (including phenoxy) is 1. The summed E-state index contributed by atoms with van der Waals surface area (Å²) in [7, 11) is -2.34. The molecule has 0 aliphatic heterocycles. The summed E-state index contributed by atoms with van der Waals surface area (Å²) in [6.45, 7) is 4.14. The number of thiazole rings is 1. The number of carbonyl (C=O) groups is 1. The van der Waals surface area contributed by atoms with Crippen LogP contribution in [-0.2, 0) is 16.6 Å². The fraction of sp³-hybridized carbons (Fsp3) is 0.111. The summed E-state index contributed by atoms with van der Waals surface area (Å²) in [5.74, 6) is -0.0253. The van der Waals surface area contributed by atoms with Gasteiger partial charge in [0.05, 0.1) is 27.8 Å². The standard InChI is InChI=1S/C18H17N3O4S2/c1-3-10-21-14-9-8-12(27(19,23)24)11-16(14)26-18(21)20-17(22)13-6-4-5-7-15(13)25-2/h3-9,11H,1,10H2,2H3,(H2,19,23,24). The maximum absolute atomic E-state index is 12.7. The van der Waals surface area contributed by atoms with E-state index in [1.165, 1.54) is 30.6 Å². The van der Waals surface area contributed by atoms with Crippen LogP contribution in [0.15, 0.2) is 65.0 Å². The number of fused-ring (bicyclic) bond motifs is 1. The zero-order chi connectivity index (χ0) is 19.6. The molecule has 0 aliphatic carbocycles. The topological polar surface area (TPSA) is 104 Å². The van der Waals surface area contributed by atoms with Crippen LogP contribution in [0.3, 0.4) is 0 Å².